The zero-order chi connectivity index (χ0) is 9.26. The summed E-state index contributed by atoms with van der Waals surface area (Å²) in [4.78, 5) is 25.5. The summed E-state index contributed by atoms with van der Waals surface area (Å²) < 4.78 is 0. The van der Waals surface area contributed by atoms with Gasteiger partial charge < -0.3 is 4.98 Å². The molecule has 2 heterocycles. The molecule has 0 saturated heterocycles. The highest BCUT2D eigenvalue weighted by atomic mass is 32.2. The van der Waals surface area contributed by atoms with Gasteiger partial charge in [0.05, 0.1) is 6.33 Å². The van der Waals surface area contributed by atoms with Crippen LogP contribution in [0.15, 0.2) is 11.5 Å². The molecule has 0 unspecified atom stereocenters. The first-order valence-electron chi connectivity index (χ1n) is 3.55. The Morgan fingerprint density at radius 1 is 1.54 bits per heavy atom. The number of fused-ring (bicyclic) bond motifs is 1. The molecule has 5 nitrogen and oxygen atoms in total. The molecule has 0 bridgehead atoms. The van der Waals surface area contributed by atoms with Crippen LogP contribution in [0.3, 0.4) is 0 Å². The Balaban J connectivity index is 2.77. The average molecular weight is 194 g/mol. The summed E-state index contributed by atoms with van der Waals surface area (Å²) in [5.41, 5.74) is 1.47. The number of carbonyl (C=O) groups is 1. The van der Waals surface area contributed by atoms with Crippen LogP contribution in [0.4, 0.5) is 0 Å². The van der Waals surface area contributed by atoms with Gasteiger partial charge in [0, 0.05) is 0 Å². The summed E-state index contributed by atoms with van der Waals surface area (Å²) in [5.74, 6) is 0. The Hall–Kier alpha value is -1.43. The number of carbonyl (C=O) groups excluding carboxylic acids is 1. The first-order valence-corrected chi connectivity index (χ1v) is 4.78. The number of aromatic amines is 1. The van der Waals surface area contributed by atoms with Gasteiger partial charge in [0.15, 0.2) is 17.1 Å². The van der Waals surface area contributed by atoms with Crippen molar-refractivity contribution in [3.8, 4) is 0 Å². The predicted octanol–water partition coefficient (Wildman–Crippen LogP) is 0.887. The lowest BCUT2D eigenvalue weighted by Gasteiger charge is -1.96. The van der Waals surface area contributed by atoms with Crippen LogP contribution in [0.25, 0.3) is 11.2 Å². The van der Waals surface area contributed by atoms with Crippen molar-refractivity contribution < 1.29 is 4.79 Å². The first-order chi connectivity index (χ1) is 6.35. The molecular formula is C7H6N4OS. The predicted molar refractivity (Wildman–Crippen MR) is 48.9 cm³/mol. The highest BCUT2D eigenvalue weighted by Crippen LogP contribution is 2.14. The molecule has 2 aromatic heterocycles. The van der Waals surface area contributed by atoms with E-state index in [1.807, 2.05) is 6.26 Å². The fourth-order valence-corrected chi connectivity index (χ4v) is 1.38. The third-order valence-corrected chi connectivity index (χ3v) is 2.14. The van der Waals surface area contributed by atoms with E-state index in [1.54, 1.807) is 0 Å². The van der Waals surface area contributed by atoms with E-state index in [0.29, 0.717) is 28.3 Å². The number of thioether (sulfide) groups is 1. The number of aromatic nitrogens is 4. The van der Waals surface area contributed by atoms with Gasteiger partial charge in [-0.1, -0.05) is 11.8 Å². The lowest BCUT2D eigenvalue weighted by atomic mass is 10.4. The summed E-state index contributed by atoms with van der Waals surface area (Å²) in [6, 6.07) is 0. The molecule has 0 atom stereocenters. The molecule has 2 aromatic rings. The van der Waals surface area contributed by atoms with E-state index in [4.69, 9.17) is 0 Å². The van der Waals surface area contributed by atoms with Gasteiger partial charge in [-0.05, 0) is 6.26 Å². The van der Waals surface area contributed by atoms with Crippen molar-refractivity contribution in [3.63, 3.8) is 0 Å². The van der Waals surface area contributed by atoms with E-state index in [2.05, 4.69) is 19.9 Å². The van der Waals surface area contributed by atoms with Gasteiger partial charge in [-0.3, -0.25) is 4.79 Å². The average Bonchev–Trinajstić information content (AvgIpc) is 2.63. The third kappa shape index (κ3) is 1.29. The summed E-state index contributed by atoms with van der Waals surface area (Å²) in [6.45, 7) is 0. The number of rotatable bonds is 2. The van der Waals surface area contributed by atoms with Crippen LogP contribution in [-0.4, -0.2) is 32.5 Å². The number of hydrogen-bond donors (Lipinski definition) is 1. The molecule has 6 heteroatoms. The normalized spacial score (nSPS) is 10.5. The van der Waals surface area contributed by atoms with Crippen molar-refractivity contribution >= 4 is 29.2 Å². The second kappa shape index (κ2) is 3.14. The number of imidazole rings is 1. The molecule has 1 N–H and O–H groups in total. The quantitative estimate of drug-likeness (QED) is 0.436. The highest BCUT2D eigenvalue weighted by molar-refractivity contribution is 7.98. The largest absolute Gasteiger partial charge is 0.341 e. The zero-order valence-corrected chi connectivity index (χ0v) is 7.63. The molecule has 0 fully saturated rings. The van der Waals surface area contributed by atoms with Crippen molar-refractivity contribution in [1.29, 1.82) is 0 Å². The molecule has 0 radical (unpaired) electrons. The smallest absolute Gasteiger partial charge is 0.190 e. The SMILES string of the molecule is CSc1nc(C=O)c2[nH]cnc2n1. The van der Waals surface area contributed by atoms with Gasteiger partial charge in [0.25, 0.3) is 0 Å². The molecule has 13 heavy (non-hydrogen) atoms. The van der Waals surface area contributed by atoms with E-state index in [0.717, 1.165) is 0 Å². The van der Waals surface area contributed by atoms with Crippen molar-refractivity contribution in [1.82, 2.24) is 19.9 Å². The number of nitrogens with zero attached hydrogens (tertiary/aromatic N) is 3. The number of aldehydes is 1. The molecular weight excluding hydrogens is 188 g/mol. The minimum Gasteiger partial charge on any atom is -0.341 e. The summed E-state index contributed by atoms with van der Waals surface area (Å²) in [6.07, 6.45) is 4.04. The molecule has 0 spiro atoms. The highest BCUT2D eigenvalue weighted by Gasteiger charge is 2.07. The molecule has 0 aliphatic rings. The van der Waals surface area contributed by atoms with Crippen molar-refractivity contribution in [2.75, 3.05) is 6.26 Å². The molecule has 0 aliphatic carbocycles. The molecule has 0 aromatic carbocycles. The van der Waals surface area contributed by atoms with Crippen LogP contribution in [-0.2, 0) is 0 Å². The lowest BCUT2D eigenvalue weighted by Crippen LogP contribution is -1.94. The monoisotopic (exact) mass is 194 g/mol. The fourth-order valence-electron chi connectivity index (χ4n) is 1.01. The number of H-pyrrole nitrogens is 1. The van der Waals surface area contributed by atoms with Crippen LogP contribution in [0, 0.1) is 0 Å². The van der Waals surface area contributed by atoms with Crippen molar-refractivity contribution in [3.05, 3.63) is 12.0 Å². The maximum absolute atomic E-state index is 10.6. The van der Waals surface area contributed by atoms with Crippen LogP contribution in [0.1, 0.15) is 10.5 Å². The third-order valence-electron chi connectivity index (χ3n) is 1.59. The van der Waals surface area contributed by atoms with Gasteiger partial charge in [-0.15, -0.1) is 0 Å². The maximum atomic E-state index is 10.6. The lowest BCUT2D eigenvalue weighted by molar-refractivity contribution is 0.111. The molecule has 0 aliphatic heterocycles. The van der Waals surface area contributed by atoms with Gasteiger partial charge in [-0.25, -0.2) is 15.0 Å². The van der Waals surface area contributed by atoms with E-state index in [9.17, 15) is 4.79 Å². The van der Waals surface area contributed by atoms with E-state index < -0.39 is 0 Å². The van der Waals surface area contributed by atoms with E-state index in [1.165, 1.54) is 18.1 Å². The summed E-state index contributed by atoms with van der Waals surface area (Å²) in [5, 5.41) is 0.557. The molecule has 0 amide bonds. The first kappa shape index (κ1) is 8.18. The number of nitrogens with one attached hydrogen (secondary N) is 1. The Kier molecular flexibility index (Phi) is 1.97. The zero-order valence-electron chi connectivity index (χ0n) is 6.81. The topological polar surface area (TPSA) is 71.5 Å². The van der Waals surface area contributed by atoms with Gasteiger partial charge in [0.1, 0.15) is 11.2 Å². The molecule has 66 valence electrons. The van der Waals surface area contributed by atoms with Gasteiger partial charge >= 0.3 is 0 Å². The fraction of sp³-hybridized carbons (Fsp3) is 0.143. The Morgan fingerprint density at radius 2 is 2.38 bits per heavy atom. The number of hydrogen-bond acceptors (Lipinski definition) is 5. The van der Waals surface area contributed by atoms with Gasteiger partial charge in [0.2, 0.25) is 0 Å². The minimum absolute atomic E-state index is 0.354. The minimum atomic E-state index is 0.354. The van der Waals surface area contributed by atoms with Crippen LogP contribution in [0.2, 0.25) is 0 Å². The van der Waals surface area contributed by atoms with E-state index in [-0.39, 0.29) is 0 Å². The van der Waals surface area contributed by atoms with Crippen LogP contribution >= 0.6 is 11.8 Å². The second-order valence-electron chi connectivity index (χ2n) is 2.31. The molecule has 0 saturated carbocycles. The second-order valence-corrected chi connectivity index (χ2v) is 3.09. The summed E-state index contributed by atoms with van der Waals surface area (Å²) >= 11 is 1.38. The standard InChI is InChI=1S/C7H6N4OS/c1-13-7-10-4(2-12)5-6(11-7)9-3-8-5/h2-3H,1H3,(H,8,9,10,11). The maximum Gasteiger partial charge on any atom is 0.190 e. The van der Waals surface area contributed by atoms with Gasteiger partial charge in [-0.2, -0.15) is 0 Å². The molecule has 2 rings (SSSR count). The Bertz CT molecular complexity index is 453. The van der Waals surface area contributed by atoms with Crippen molar-refractivity contribution in [2.24, 2.45) is 0 Å². The van der Waals surface area contributed by atoms with Crippen LogP contribution < -0.4 is 0 Å². The summed E-state index contributed by atoms with van der Waals surface area (Å²) in [7, 11) is 0. The Labute approximate surface area is 78.0 Å². The van der Waals surface area contributed by atoms with Crippen LogP contribution in [0.5, 0.6) is 0 Å². The van der Waals surface area contributed by atoms with E-state index >= 15 is 0 Å². The van der Waals surface area contributed by atoms with Crippen molar-refractivity contribution in [2.45, 2.75) is 5.16 Å². The Morgan fingerprint density at radius 3 is 3.08 bits per heavy atom.